The smallest absolute Gasteiger partial charge is 0.263 e. The topological polar surface area (TPSA) is 68.5 Å². The third-order valence-electron chi connectivity index (χ3n) is 3.86. The molecule has 1 heterocycles. The number of halogens is 1. The first-order valence-electron chi connectivity index (χ1n) is 7.96. The number of carbonyl (C=O) groups is 1. The summed E-state index contributed by atoms with van der Waals surface area (Å²) in [7, 11) is -3.76. The summed E-state index contributed by atoms with van der Waals surface area (Å²) in [5.41, 5.74) is 2.10. The van der Waals surface area contributed by atoms with E-state index in [0.29, 0.717) is 16.4 Å². The molecule has 26 heavy (non-hydrogen) atoms. The number of hydrogen-bond acceptors (Lipinski definition) is 4. The highest BCUT2D eigenvalue weighted by Gasteiger charge is 2.19. The highest BCUT2D eigenvalue weighted by Crippen LogP contribution is 2.19. The van der Waals surface area contributed by atoms with Gasteiger partial charge in [0, 0.05) is 11.6 Å². The lowest BCUT2D eigenvalue weighted by molar-refractivity contribution is -0.115. The molecule has 0 radical (unpaired) electrons. The molecule has 3 rings (SSSR count). The molecule has 5 nitrogen and oxygen atoms in total. The Kier molecular flexibility index (Phi) is 5.32. The van der Waals surface area contributed by atoms with Crippen LogP contribution in [0.2, 0.25) is 5.02 Å². The molecule has 0 atom stereocenters. The van der Waals surface area contributed by atoms with Gasteiger partial charge in [0.25, 0.3) is 5.91 Å². The van der Waals surface area contributed by atoms with E-state index in [1.807, 2.05) is 36.6 Å². The summed E-state index contributed by atoms with van der Waals surface area (Å²) in [6, 6.07) is 11.8. The van der Waals surface area contributed by atoms with Crippen molar-refractivity contribution in [1.82, 2.24) is 4.57 Å². The average Bonchev–Trinajstić information content (AvgIpc) is 2.90. The first-order valence-corrected chi connectivity index (χ1v) is 10.8. The Morgan fingerprint density at radius 1 is 1.19 bits per heavy atom. The quantitative estimate of drug-likeness (QED) is 0.662. The SMILES string of the molecule is CCn1c(=NC(=O)CS(=O)(=O)c2ccc(Cl)cc2)sc2cc(C)ccc21. The molecule has 0 N–H and O–H groups in total. The minimum atomic E-state index is -3.76. The molecule has 0 saturated heterocycles. The molecule has 2 aromatic carbocycles. The van der Waals surface area contributed by atoms with Crippen molar-refractivity contribution < 1.29 is 13.2 Å². The van der Waals surface area contributed by atoms with E-state index < -0.39 is 21.5 Å². The van der Waals surface area contributed by atoms with E-state index in [4.69, 9.17) is 11.6 Å². The second kappa shape index (κ2) is 7.34. The molecule has 136 valence electrons. The number of amides is 1. The Morgan fingerprint density at radius 3 is 2.54 bits per heavy atom. The number of rotatable bonds is 4. The summed E-state index contributed by atoms with van der Waals surface area (Å²) in [5.74, 6) is -1.36. The molecule has 0 fully saturated rings. The van der Waals surface area contributed by atoms with Crippen LogP contribution in [-0.4, -0.2) is 24.6 Å². The number of carbonyl (C=O) groups excluding carboxylic acids is 1. The zero-order valence-electron chi connectivity index (χ0n) is 14.3. The van der Waals surface area contributed by atoms with Gasteiger partial charge in [0.15, 0.2) is 14.6 Å². The summed E-state index contributed by atoms with van der Waals surface area (Å²) in [4.78, 5) is 16.9. The van der Waals surface area contributed by atoms with Crippen LogP contribution >= 0.6 is 22.9 Å². The largest absolute Gasteiger partial charge is 0.317 e. The number of benzene rings is 2. The number of aryl methyl sites for hydroxylation is 2. The third-order valence-corrected chi connectivity index (χ3v) is 6.77. The Morgan fingerprint density at radius 2 is 1.88 bits per heavy atom. The van der Waals surface area contributed by atoms with Crippen LogP contribution in [-0.2, 0) is 21.2 Å². The van der Waals surface area contributed by atoms with Crippen LogP contribution in [0.5, 0.6) is 0 Å². The van der Waals surface area contributed by atoms with Crippen molar-refractivity contribution in [3.8, 4) is 0 Å². The minimum Gasteiger partial charge on any atom is -0.317 e. The fourth-order valence-electron chi connectivity index (χ4n) is 2.60. The molecule has 0 aliphatic rings. The predicted octanol–water partition coefficient (Wildman–Crippen LogP) is 3.59. The van der Waals surface area contributed by atoms with Crippen LogP contribution in [0, 0.1) is 6.92 Å². The van der Waals surface area contributed by atoms with Crippen LogP contribution in [0.1, 0.15) is 12.5 Å². The number of aromatic nitrogens is 1. The Balaban J connectivity index is 1.96. The van der Waals surface area contributed by atoms with Crippen LogP contribution < -0.4 is 4.80 Å². The number of nitrogens with zero attached hydrogens (tertiary/aromatic N) is 2. The standard InChI is InChI=1S/C18H17ClN2O3S2/c1-3-21-15-9-4-12(2)10-16(15)25-18(21)20-17(22)11-26(23,24)14-7-5-13(19)6-8-14/h4-10H,3,11H2,1-2H3. The van der Waals surface area contributed by atoms with Gasteiger partial charge in [-0.1, -0.05) is 29.0 Å². The molecule has 0 aliphatic carbocycles. The van der Waals surface area contributed by atoms with Gasteiger partial charge in [0.1, 0.15) is 5.75 Å². The Bertz CT molecular complexity index is 1140. The lowest BCUT2D eigenvalue weighted by Crippen LogP contribution is -2.20. The molecule has 0 bridgehead atoms. The van der Waals surface area contributed by atoms with E-state index >= 15 is 0 Å². The normalized spacial score (nSPS) is 12.7. The van der Waals surface area contributed by atoms with Crippen LogP contribution in [0.15, 0.2) is 52.4 Å². The zero-order chi connectivity index (χ0) is 18.9. The maximum atomic E-state index is 12.4. The van der Waals surface area contributed by atoms with Crippen molar-refractivity contribution >= 4 is 48.9 Å². The second-order valence-electron chi connectivity index (χ2n) is 5.82. The minimum absolute atomic E-state index is 0.0563. The molecule has 0 unspecified atom stereocenters. The van der Waals surface area contributed by atoms with Gasteiger partial charge in [0.05, 0.1) is 15.1 Å². The number of fused-ring (bicyclic) bond motifs is 1. The molecule has 1 amide bonds. The van der Waals surface area contributed by atoms with Crippen molar-refractivity contribution in [2.75, 3.05) is 5.75 Å². The highest BCUT2D eigenvalue weighted by atomic mass is 35.5. The fourth-order valence-corrected chi connectivity index (χ4v) is 5.04. The lowest BCUT2D eigenvalue weighted by Gasteiger charge is -2.02. The predicted molar refractivity (Wildman–Crippen MR) is 104 cm³/mol. The van der Waals surface area contributed by atoms with Gasteiger partial charge in [-0.05, 0) is 55.8 Å². The van der Waals surface area contributed by atoms with Gasteiger partial charge in [-0.3, -0.25) is 4.79 Å². The summed E-state index contributed by atoms with van der Waals surface area (Å²) < 4.78 is 27.7. The highest BCUT2D eigenvalue weighted by molar-refractivity contribution is 7.92. The summed E-state index contributed by atoms with van der Waals surface area (Å²) in [5, 5.41) is 0.435. The molecule has 8 heteroatoms. The molecule has 0 saturated carbocycles. The maximum absolute atomic E-state index is 12.4. The summed E-state index contributed by atoms with van der Waals surface area (Å²) in [6.07, 6.45) is 0. The zero-order valence-corrected chi connectivity index (χ0v) is 16.7. The number of hydrogen-bond donors (Lipinski definition) is 0. The van der Waals surface area contributed by atoms with Crippen LogP contribution in [0.3, 0.4) is 0 Å². The van der Waals surface area contributed by atoms with Gasteiger partial charge in [-0.25, -0.2) is 8.42 Å². The number of sulfone groups is 1. The third kappa shape index (κ3) is 3.90. The van der Waals surface area contributed by atoms with Gasteiger partial charge in [-0.2, -0.15) is 4.99 Å². The lowest BCUT2D eigenvalue weighted by atomic mass is 10.2. The van der Waals surface area contributed by atoms with Crippen molar-refractivity contribution in [1.29, 1.82) is 0 Å². The van der Waals surface area contributed by atoms with Gasteiger partial charge < -0.3 is 4.57 Å². The van der Waals surface area contributed by atoms with E-state index in [-0.39, 0.29) is 4.90 Å². The van der Waals surface area contributed by atoms with E-state index in [9.17, 15) is 13.2 Å². The van der Waals surface area contributed by atoms with Gasteiger partial charge in [0.2, 0.25) is 0 Å². The Hall–Kier alpha value is -1.96. The molecule has 0 aliphatic heterocycles. The number of thiazole rings is 1. The Labute approximate surface area is 160 Å². The maximum Gasteiger partial charge on any atom is 0.263 e. The fraction of sp³-hybridized carbons (Fsp3) is 0.222. The van der Waals surface area contributed by atoms with Gasteiger partial charge >= 0.3 is 0 Å². The molecule has 0 spiro atoms. The van der Waals surface area contributed by atoms with E-state index in [2.05, 4.69) is 4.99 Å². The van der Waals surface area contributed by atoms with Gasteiger partial charge in [-0.15, -0.1) is 0 Å². The van der Waals surface area contributed by atoms with Crippen LogP contribution in [0.25, 0.3) is 10.2 Å². The summed E-state index contributed by atoms with van der Waals surface area (Å²) in [6.45, 7) is 4.59. The first-order chi connectivity index (χ1) is 12.3. The summed E-state index contributed by atoms with van der Waals surface area (Å²) >= 11 is 7.15. The van der Waals surface area contributed by atoms with E-state index in [0.717, 1.165) is 15.8 Å². The second-order valence-corrected chi connectivity index (χ2v) is 9.25. The average molecular weight is 409 g/mol. The van der Waals surface area contributed by atoms with Crippen molar-refractivity contribution in [3.05, 3.63) is 57.9 Å². The molecular formula is C18H17ClN2O3S2. The molecule has 3 aromatic rings. The van der Waals surface area contributed by atoms with Crippen molar-refractivity contribution in [2.24, 2.45) is 4.99 Å². The first kappa shape index (κ1) is 18.8. The molecule has 1 aromatic heterocycles. The van der Waals surface area contributed by atoms with E-state index in [1.54, 1.807) is 0 Å². The van der Waals surface area contributed by atoms with Crippen molar-refractivity contribution in [2.45, 2.75) is 25.3 Å². The monoisotopic (exact) mass is 408 g/mol. The molecular weight excluding hydrogens is 392 g/mol. The van der Waals surface area contributed by atoms with E-state index in [1.165, 1.54) is 35.6 Å². The van der Waals surface area contributed by atoms with Crippen molar-refractivity contribution in [3.63, 3.8) is 0 Å². The van der Waals surface area contributed by atoms with Crippen LogP contribution in [0.4, 0.5) is 0 Å².